The van der Waals surface area contributed by atoms with Gasteiger partial charge in [0.25, 0.3) is 0 Å². The van der Waals surface area contributed by atoms with Gasteiger partial charge >= 0.3 is 12.0 Å². The highest BCUT2D eigenvalue weighted by molar-refractivity contribution is 5.89. The van der Waals surface area contributed by atoms with E-state index in [1.807, 2.05) is 93.3 Å². The van der Waals surface area contributed by atoms with E-state index in [1.165, 1.54) is 6.42 Å². The van der Waals surface area contributed by atoms with E-state index < -0.39 is 18.1 Å². The molecule has 1 fully saturated rings. The van der Waals surface area contributed by atoms with E-state index in [-0.39, 0.29) is 42.1 Å². The molecule has 0 saturated heterocycles. The molecule has 5 rings (SSSR count). The van der Waals surface area contributed by atoms with Crippen LogP contribution in [-0.2, 0) is 29.6 Å². The molecular weight excluding hydrogens is 594 g/mol. The Labute approximate surface area is 276 Å². The number of aryl methyl sites for hydroxylation is 2. The molecule has 2 aromatic carbocycles. The van der Waals surface area contributed by atoms with Crippen molar-refractivity contribution in [3.8, 4) is 0 Å². The molecular formula is C37H47N5O5. The summed E-state index contributed by atoms with van der Waals surface area (Å²) in [5, 5.41) is 7.19. The molecule has 250 valence electrons. The highest BCUT2D eigenvalue weighted by Crippen LogP contribution is 2.28. The lowest BCUT2D eigenvalue weighted by molar-refractivity contribution is -0.124. The Balaban J connectivity index is 1.40. The molecule has 2 heterocycles. The van der Waals surface area contributed by atoms with Crippen LogP contribution in [0.5, 0.6) is 0 Å². The molecule has 0 bridgehead atoms. The van der Waals surface area contributed by atoms with Crippen LogP contribution < -0.4 is 10.6 Å². The van der Waals surface area contributed by atoms with Gasteiger partial charge in [0.15, 0.2) is 5.69 Å². The van der Waals surface area contributed by atoms with Crippen LogP contribution in [0, 0.1) is 12.8 Å². The average Bonchev–Trinajstić information content (AvgIpc) is 3.62. The van der Waals surface area contributed by atoms with Crippen molar-refractivity contribution in [2.75, 3.05) is 7.05 Å². The van der Waals surface area contributed by atoms with Crippen LogP contribution >= 0.6 is 0 Å². The maximum Gasteiger partial charge on any atom is 0.360 e. The fourth-order valence-corrected chi connectivity index (χ4v) is 6.42. The Morgan fingerprint density at radius 1 is 1.02 bits per heavy atom. The number of benzene rings is 2. The number of oxazole rings is 1. The van der Waals surface area contributed by atoms with Crippen molar-refractivity contribution in [2.45, 2.75) is 90.4 Å². The number of hydrogen-bond donors (Lipinski definition) is 2. The van der Waals surface area contributed by atoms with Crippen molar-refractivity contribution < 1.29 is 23.5 Å². The number of carbonyl (C=O) groups is 3. The van der Waals surface area contributed by atoms with Crippen LogP contribution in [0.1, 0.15) is 91.7 Å². The molecule has 3 amide bonds. The topological polar surface area (TPSA) is 119 Å². The number of rotatable bonds is 12. The molecule has 10 nitrogen and oxygen atoms in total. The summed E-state index contributed by atoms with van der Waals surface area (Å²) in [4.78, 5) is 46.8. The van der Waals surface area contributed by atoms with Gasteiger partial charge in [0, 0.05) is 43.7 Å². The second kappa shape index (κ2) is 15.3. The van der Waals surface area contributed by atoms with Crippen LogP contribution in [0.3, 0.4) is 0 Å². The number of para-hydroxylation sites is 1. The number of carbonyl (C=O) groups excluding carboxylic acids is 3. The Kier molecular flexibility index (Phi) is 11.0. The highest BCUT2D eigenvalue weighted by Gasteiger charge is 2.31. The number of amides is 3. The van der Waals surface area contributed by atoms with E-state index in [4.69, 9.17) is 9.15 Å². The third-order valence-corrected chi connectivity index (χ3v) is 9.00. The molecule has 0 aliphatic heterocycles. The minimum Gasteiger partial charge on any atom is -0.456 e. The molecule has 2 N–H and O–H groups in total. The summed E-state index contributed by atoms with van der Waals surface area (Å²) < 4.78 is 13.7. The van der Waals surface area contributed by atoms with Gasteiger partial charge in [-0.3, -0.25) is 4.79 Å². The maximum atomic E-state index is 14.0. The fourth-order valence-electron chi connectivity index (χ4n) is 6.42. The lowest BCUT2D eigenvalue weighted by atomic mass is 9.94. The molecule has 2 atom stereocenters. The number of aromatic nitrogens is 2. The van der Waals surface area contributed by atoms with Crippen molar-refractivity contribution in [3.05, 3.63) is 89.3 Å². The van der Waals surface area contributed by atoms with E-state index in [0.717, 1.165) is 47.7 Å². The molecule has 1 aliphatic carbocycles. The third-order valence-electron chi connectivity index (χ3n) is 9.00. The van der Waals surface area contributed by atoms with Gasteiger partial charge in [0.1, 0.15) is 24.5 Å². The molecule has 0 spiro atoms. The zero-order valence-corrected chi connectivity index (χ0v) is 28.1. The lowest BCUT2D eigenvalue weighted by Crippen LogP contribution is -2.53. The second-order valence-electron chi connectivity index (χ2n) is 13.1. The van der Waals surface area contributed by atoms with Crippen LogP contribution in [0.4, 0.5) is 4.79 Å². The summed E-state index contributed by atoms with van der Waals surface area (Å²) in [6.45, 7) is 5.81. The zero-order valence-electron chi connectivity index (χ0n) is 28.1. The van der Waals surface area contributed by atoms with E-state index >= 15 is 0 Å². The largest absolute Gasteiger partial charge is 0.456 e. The lowest BCUT2D eigenvalue weighted by Gasteiger charge is -2.33. The molecule has 1 saturated carbocycles. The summed E-state index contributed by atoms with van der Waals surface area (Å²) in [5.74, 6) is -0.288. The minimum atomic E-state index is -0.769. The molecule has 0 unspecified atom stereocenters. The minimum absolute atomic E-state index is 0.0641. The van der Waals surface area contributed by atoms with Crippen molar-refractivity contribution in [2.24, 2.45) is 13.0 Å². The summed E-state index contributed by atoms with van der Waals surface area (Å²) >= 11 is 0. The highest BCUT2D eigenvalue weighted by atomic mass is 16.5. The van der Waals surface area contributed by atoms with Crippen LogP contribution in [0.25, 0.3) is 10.9 Å². The molecule has 2 aromatic heterocycles. The Bertz CT molecular complexity index is 1670. The van der Waals surface area contributed by atoms with Gasteiger partial charge in [0.05, 0.1) is 0 Å². The van der Waals surface area contributed by atoms with Gasteiger partial charge in [-0.15, -0.1) is 0 Å². The third kappa shape index (κ3) is 8.41. The van der Waals surface area contributed by atoms with Crippen LogP contribution in [0.2, 0.25) is 0 Å². The predicted octanol–water partition coefficient (Wildman–Crippen LogP) is 6.62. The van der Waals surface area contributed by atoms with Gasteiger partial charge in [-0.1, -0.05) is 81.6 Å². The van der Waals surface area contributed by atoms with E-state index in [0.29, 0.717) is 18.6 Å². The molecule has 1 aliphatic rings. The van der Waals surface area contributed by atoms with Crippen molar-refractivity contribution >= 4 is 28.8 Å². The van der Waals surface area contributed by atoms with E-state index in [1.54, 1.807) is 11.8 Å². The summed E-state index contributed by atoms with van der Waals surface area (Å²) in [5.41, 5.74) is 2.96. The van der Waals surface area contributed by atoms with Crippen molar-refractivity contribution in [1.82, 2.24) is 25.1 Å². The van der Waals surface area contributed by atoms with Gasteiger partial charge < -0.3 is 29.3 Å². The molecule has 10 heteroatoms. The van der Waals surface area contributed by atoms with Gasteiger partial charge in [-0.05, 0) is 49.3 Å². The summed E-state index contributed by atoms with van der Waals surface area (Å²) in [6.07, 6.45) is 8.18. The zero-order chi connectivity index (χ0) is 33.5. The number of urea groups is 1. The maximum absolute atomic E-state index is 14.0. The first-order valence-electron chi connectivity index (χ1n) is 16.7. The van der Waals surface area contributed by atoms with Crippen molar-refractivity contribution in [1.29, 1.82) is 0 Å². The number of nitrogens with one attached hydrogen (secondary N) is 2. The van der Waals surface area contributed by atoms with Crippen LogP contribution in [0.15, 0.2) is 65.2 Å². The second-order valence-corrected chi connectivity index (χ2v) is 13.1. The number of fused-ring (bicyclic) bond motifs is 1. The standard InChI is InChI=1S/C37H47N5O5/c1-24(2)20-30(39-37(45)42(5)28-16-10-7-11-17-28)34(43)38-31(21-27-22-41(4)32-19-13-12-18-29(27)32)35-40-33(25(3)47-35)36(44)46-23-26-14-8-6-9-15-26/h6,8-9,12-15,18-19,22,24,28,30-31H,7,10-11,16-17,20-21,23H2,1-5H3,(H,38,43)(H,39,45)/t30-,31+/m0/s1. The Hall–Kier alpha value is -4.60. The molecule has 47 heavy (non-hydrogen) atoms. The quantitative estimate of drug-likeness (QED) is 0.168. The fraction of sp³-hybridized carbons (Fsp3) is 0.459. The van der Waals surface area contributed by atoms with Gasteiger partial charge in [-0.25, -0.2) is 14.6 Å². The monoisotopic (exact) mass is 641 g/mol. The molecule has 4 aromatic rings. The molecule has 0 radical (unpaired) electrons. The Morgan fingerprint density at radius 2 is 1.72 bits per heavy atom. The first-order valence-corrected chi connectivity index (χ1v) is 16.7. The van der Waals surface area contributed by atoms with Crippen molar-refractivity contribution in [3.63, 3.8) is 0 Å². The number of esters is 1. The smallest absolute Gasteiger partial charge is 0.360 e. The number of ether oxygens (including phenoxy) is 1. The van der Waals surface area contributed by atoms with E-state index in [2.05, 4.69) is 15.6 Å². The normalized spacial score (nSPS) is 14.9. The predicted molar refractivity (Wildman–Crippen MR) is 181 cm³/mol. The first kappa shape index (κ1) is 33.8. The Morgan fingerprint density at radius 3 is 2.45 bits per heavy atom. The summed E-state index contributed by atoms with van der Waals surface area (Å²) in [7, 11) is 3.79. The van der Waals surface area contributed by atoms with Gasteiger partial charge in [-0.2, -0.15) is 0 Å². The number of hydrogen-bond acceptors (Lipinski definition) is 6. The number of nitrogens with zero attached hydrogens (tertiary/aromatic N) is 3. The van der Waals surface area contributed by atoms with Crippen LogP contribution in [-0.4, -0.2) is 51.5 Å². The first-order chi connectivity index (χ1) is 22.6. The average molecular weight is 642 g/mol. The van der Waals surface area contributed by atoms with E-state index in [9.17, 15) is 14.4 Å². The van der Waals surface area contributed by atoms with Gasteiger partial charge in [0.2, 0.25) is 11.8 Å². The summed E-state index contributed by atoms with van der Waals surface area (Å²) in [6, 6.07) is 15.9. The SMILES string of the molecule is Cc1oc([C@@H](Cc2cn(C)c3ccccc23)NC(=O)[C@H](CC(C)C)NC(=O)N(C)C2CCCCC2)nc1C(=O)OCc1ccccc1.